The van der Waals surface area contributed by atoms with Crippen molar-refractivity contribution >= 4 is 5.91 Å². The van der Waals surface area contributed by atoms with E-state index in [1.165, 1.54) is 6.42 Å². The number of likely N-dealkylation sites (N-methyl/N-ethyl adjacent to an activating group) is 1. The van der Waals surface area contributed by atoms with Crippen molar-refractivity contribution in [3.05, 3.63) is 29.8 Å². The Hall–Kier alpha value is -1.59. The van der Waals surface area contributed by atoms with E-state index >= 15 is 0 Å². The molecular formula is C16H25N3O2. The van der Waals surface area contributed by atoms with Crippen molar-refractivity contribution in [3.63, 3.8) is 0 Å². The fourth-order valence-corrected chi connectivity index (χ4v) is 2.87. The molecule has 1 aliphatic rings. The predicted octanol–water partition coefficient (Wildman–Crippen LogP) is 0.863. The number of amides is 1. The van der Waals surface area contributed by atoms with E-state index in [2.05, 4.69) is 17.1 Å². The van der Waals surface area contributed by atoms with E-state index < -0.39 is 6.04 Å². The summed E-state index contributed by atoms with van der Waals surface area (Å²) < 4.78 is 0. The molecule has 0 saturated carbocycles. The molecule has 4 N–H and O–H groups in total. The molecule has 0 radical (unpaired) electrons. The van der Waals surface area contributed by atoms with Crippen LogP contribution in [0, 0.1) is 0 Å². The third kappa shape index (κ3) is 4.44. The Morgan fingerprint density at radius 2 is 2.19 bits per heavy atom. The largest absolute Gasteiger partial charge is 0.508 e. The Morgan fingerprint density at radius 3 is 2.86 bits per heavy atom. The number of aromatic hydroxyl groups is 1. The van der Waals surface area contributed by atoms with Crippen LogP contribution in [0.15, 0.2) is 24.3 Å². The van der Waals surface area contributed by atoms with Gasteiger partial charge in [-0.3, -0.25) is 9.69 Å². The Morgan fingerprint density at radius 1 is 1.48 bits per heavy atom. The molecule has 1 aromatic rings. The molecule has 0 spiro atoms. The minimum atomic E-state index is -0.550. The van der Waals surface area contributed by atoms with Crippen LogP contribution in [0.3, 0.4) is 0 Å². The Labute approximate surface area is 126 Å². The summed E-state index contributed by atoms with van der Waals surface area (Å²) in [5, 5.41) is 12.2. The standard InChI is InChI=1S/C16H25N3O2/c1-2-19-9-3-4-13(19)11-18-16(21)15(17)10-12-5-7-14(20)8-6-12/h5-8,13,15,20H,2-4,9-11,17H2,1H3,(H,18,21)/t13?,15-/m1/s1. The molecule has 116 valence electrons. The maximum atomic E-state index is 12.1. The van der Waals surface area contributed by atoms with Crippen LogP contribution in [0.1, 0.15) is 25.3 Å². The topological polar surface area (TPSA) is 78.6 Å². The van der Waals surface area contributed by atoms with E-state index in [-0.39, 0.29) is 11.7 Å². The Kier molecular flexibility index (Phi) is 5.59. The molecule has 21 heavy (non-hydrogen) atoms. The van der Waals surface area contributed by atoms with Crippen molar-refractivity contribution in [1.82, 2.24) is 10.2 Å². The molecule has 1 aliphatic heterocycles. The second-order valence-corrected chi connectivity index (χ2v) is 5.65. The molecule has 2 atom stereocenters. The summed E-state index contributed by atoms with van der Waals surface area (Å²) in [6.45, 7) is 4.98. The van der Waals surface area contributed by atoms with Gasteiger partial charge in [0, 0.05) is 12.6 Å². The highest BCUT2D eigenvalue weighted by Gasteiger charge is 2.24. The molecule has 0 bridgehead atoms. The van der Waals surface area contributed by atoms with Crippen LogP contribution in [-0.2, 0) is 11.2 Å². The fourth-order valence-electron chi connectivity index (χ4n) is 2.87. The second-order valence-electron chi connectivity index (χ2n) is 5.65. The van der Waals surface area contributed by atoms with Gasteiger partial charge in [-0.2, -0.15) is 0 Å². The Balaban J connectivity index is 1.78. The summed E-state index contributed by atoms with van der Waals surface area (Å²) in [5.74, 6) is 0.115. The number of rotatable bonds is 6. The number of nitrogens with zero attached hydrogens (tertiary/aromatic N) is 1. The number of carbonyl (C=O) groups is 1. The molecule has 0 aliphatic carbocycles. The number of hydrogen-bond acceptors (Lipinski definition) is 4. The summed E-state index contributed by atoms with van der Waals surface area (Å²) in [5.41, 5.74) is 6.90. The third-order valence-electron chi connectivity index (χ3n) is 4.15. The van der Waals surface area contributed by atoms with Crippen LogP contribution < -0.4 is 11.1 Å². The first kappa shape index (κ1) is 15.8. The fraction of sp³-hybridized carbons (Fsp3) is 0.562. The minimum absolute atomic E-state index is 0.106. The van der Waals surface area contributed by atoms with E-state index in [4.69, 9.17) is 5.73 Å². The molecular weight excluding hydrogens is 266 g/mol. The maximum absolute atomic E-state index is 12.1. The lowest BCUT2D eigenvalue weighted by Crippen LogP contribution is -2.47. The lowest BCUT2D eigenvalue weighted by molar-refractivity contribution is -0.122. The first-order valence-corrected chi connectivity index (χ1v) is 7.65. The van der Waals surface area contributed by atoms with Gasteiger partial charge >= 0.3 is 0 Å². The summed E-state index contributed by atoms with van der Waals surface area (Å²) in [4.78, 5) is 14.5. The van der Waals surface area contributed by atoms with Crippen LogP contribution >= 0.6 is 0 Å². The third-order valence-corrected chi connectivity index (χ3v) is 4.15. The minimum Gasteiger partial charge on any atom is -0.508 e. The van der Waals surface area contributed by atoms with E-state index in [9.17, 15) is 9.90 Å². The zero-order valence-electron chi connectivity index (χ0n) is 12.6. The number of phenolic OH excluding ortho intramolecular Hbond substituents is 1. The number of phenols is 1. The lowest BCUT2D eigenvalue weighted by atomic mass is 10.1. The van der Waals surface area contributed by atoms with Crippen molar-refractivity contribution in [1.29, 1.82) is 0 Å². The highest BCUT2D eigenvalue weighted by atomic mass is 16.3. The number of hydrogen-bond donors (Lipinski definition) is 3. The van der Waals surface area contributed by atoms with Gasteiger partial charge in [-0.25, -0.2) is 0 Å². The van der Waals surface area contributed by atoms with E-state index in [1.807, 2.05) is 0 Å². The number of benzene rings is 1. The van der Waals surface area contributed by atoms with Crippen LogP contribution in [0.4, 0.5) is 0 Å². The highest BCUT2D eigenvalue weighted by molar-refractivity contribution is 5.81. The Bertz CT molecular complexity index is 461. The number of likely N-dealkylation sites (tertiary alicyclic amines) is 1. The van der Waals surface area contributed by atoms with Crippen molar-refractivity contribution in [2.45, 2.75) is 38.3 Å². The molecule has 5 nitrogen and oxygen atoms in total. The predicted molar refractivity (Wildman–Crippen MR) is 83.1 cm³/mol. The van der Waals surface area contributed by atoms with Crippen LogP contribution in [0.2, 0.25) is 0 Å². The molecule has 1 heterocycles. The van der Waals surface area contributed by atoms with Crippen molar-refractivity contribution < 1.29 is 9.90 Å². The molecule has 1 amide bonds. The quantitative estimate of drug-likeness (QED) is 0.726. The van der Waals surface area contributed by atoms with Gasteiger partial charge in [0.15, 0.2) is 0 Å². The summed E-state index contributed by atoms with van der Waals surface area (Å²) in [7, 11) is 0. The lowest BCUT2D eigenvalue weighted by Gasteiger charge is -2.23. The van der Waals surface area contributed by atoms with E-state index in [0.29, 0.717) is 19.0 Å². The molecule has 1 aromatic carbocycles. The van der Waals surface area contributed by atoms with E-state index in [0.717, 1.165) is 25.1 Å². The number of nitrogens with one attached hydrogen (secondary N) is 1. The molecule has 1 fully saturated rings. The van der Waals surface area contributed by atoms with E-state index in [1.54, 1.807) is 24.3 Å². The van der Waals surface area contributed by atoms with Crippen molar-refractivity contribution in [2.24, 2.45) is 5.73 Å². The first-order chi connectivity index (χ1) is 10.1. The van der Waals surface area contributed by atoms with Gasteiger partial charge in [-0.1, -0.05) is 19.1 Å². The van der Waals surface area contributed by atoms with Gasteiger partial charge in [0.1, 0.15) is 5.75 Å². The summed E-state index contributed by atoms with van der Waals surface area (Å²) in [6, 6.07) is 6.69. The van der Waals surface area contributed by atoms with Gasteiger partial charge in [0.25, 0.3) is 0 Å². The van der Waals surface area contributed by atoms with Gasteiger partial charge in [-0.05, 0) is 50.0 Å². The SMILES string of the molecule is CCN1CCCC1CNC(=O)[C@H](N)Cc1ccc(O)cc1. The summed E-state index contributed by atoms with van der Waals surface area (Å²) >= 11 is 0. The smallest absolute Gasteiger partial charge is 0.237 e. The van der Waals surface area contributed by atoms with Crippen LogP contribution in [-0.4, -0.2) is 47.6 Å². The normalized spacial score (nSPS) is 20.4. The summed E-state index contributed by atoms with van der Waals surface area (Å²) in [6.07, 6.45) is 2.82. The first-order valence-electron chi connectivity index (χ1n) is 7.65. The van der Waals surface area contributed by atoms with Crippen LogP contribution in [0.5, 0.6) is 5.75 Å². The van der Waals surface area contributed by atoms with Crippen LogP contribution in [0.25, 0.3) is 0 Å². The highest BCUT2D eigenvalue weighted by Crippen LogP contribution is 2.15. The molecule has 0 aromatic heterocycles. The monoisotopic (exact) mass is 291 g/mol. The second kappa shape index (κ2) is 7.43. The molecule has 1 saturated heterocycles. The average molecular weight is 291 g/mol. The van der Waals surface area contributed by atoms with Crippen molar-refractivity contribution in [3.8, 4) is 5.75 Å². The molecule has 1 unspecified atom stereocenters. The van der Waals surface area contributed by atoms with Gasteiger partial charge in [0.05, 0.1) is 6.04 Å². The number of nitrogens with two attached hydrogens (primary N) is 1. The molecule has 5 heteroatoms. The average Bonchev–Trinajstić information content (AvgIpc) is 2.94. The maximum Gasteiger partial charge on any atom is 0.237 e. The zero-order chi connectivity index (χ0) is 15.2. The van der Waals surface area contributed by atoms with Gasteiger partial charge in [0.2, 0.25) is 5.91 Å². The number of carbonyl (C=O) groups excluding carboxylic acids is 1. The van der Waals surface area contributed by atoms with Crippen molar-refractivity contribution in [2.75, 3.05) is 19.6 Å². The molecule has 2 rings (SSSR count). The van der Waals surface area contributed by atoms with Gasteiger partial charge < -0.3 is 16.2 Å². The zero-order valence-corrected chi connectivity index (χ0v) is 12.6. The van der Waals surface area contributed by atoms with Gasteiger partial charge in [-0.15, -0.1) is 0 Å².